The lowest BCUT2D eigenvalue weighted by atomic mass is 10.0. The van der Waals surface area contributed by atoms with E-state index in [0.29, 0.717) is 12.2 Å². The summed E-state index contributed by atoms with van der Waals surface area (Å²) >= 11 is 0. The van der Waals surface area contributed by atoms with Gasteiger partial charge in [0.05, 0.1) is 5.69 Å². The first kappa shape index (κ1) is 14.9. The third-order valence-electron chi connectivity index (χ3n) is 3.72. The Kier molecular flexibility index (Phi) is 4.35. The SMILES string of the molecule is CC(C)(C)N1CCN(Cc2ncncc2C(=O)O)CC1. The van der Waals surface area contributed by atoms with Crippen LogP contribution >= 0.6 is 0 Å². The number of aromatic carboxylic acids is 1. The van der Waals surface area contributed by atoms with Gasteiger partial charge in [-0.25, -0.2) is 14.8 Å². The van der Waals surface area contributed by atoms with Gasteiger partial charge in [0.1, 0.15) is 11.9 Å². The fourth-order valence-corrected chi connectivity index (χ4v) is 2.45. The molecule has 1 aliphatic rings. The minimum atomic E-state index is -0.964. The molecular weight excluding hydrogens is 256 g/mol. The maximum absolute atomic E-state index is 11.1. The minimum absolute atomic E-state index is 0.188. The van der Waals surface area contributed by atoms with Gasteiger partial charge in [-0.2, -0.15) is 0 Å². The number of hydrogen-bond donors (Lipinski definition) is 1. The molecule has 2 rings (SSSR count). The maximum atomic E-state index is 11.1. The van der Waals surface area contributed by atoms with E-state index in [4.69, 9.17) is 5.11 Å². The Hall–Kier alpha value is -1.53. The van der Waals surface area contributed by atoms with Crippen LogP contribution in [0.3, 0.4) is 0 Å². The fraction of sp³-hybridized carbons (Fsp3) is 0.643. The number of piperazine rings is 1. The summed E-state index contributed by atoms with van der Waals surface area (Å²) < 4.78 is 0. The van der Waals surface area contributed by atoms with Crippen molar-refractivity contribution in [1.29, 1.82) is 0 Å². The number of carboxylic acids is 1. The molecule has 110 valence electrons. The fourth-order valence-electron chi connectivity index (χ4n) is 2.45. The van der Waals surface area contributed by atoms with Crippen molar-refractivity contribution >= 4 is 5.97 Å². The summed E-state index contributed by atoms with van der Waals surface area (Å²) in [5.74, 6) is -0.964. The molecule has 20 heavy (non-hydrogen) atoms. The van der Waals surface area contributed by atoms with Gasteiger partial charge in [0.25, 0.3) is 0 Å². The van der Waals surface area contributed by atoms with E-state index in [1.807, 2.05) is 0 Å². The molecular formula is C14H22N4O2. The third kappa shape index (κ3) is 3.52. The molecule has 1 fully saturated rings. The normalized spacial score (nSPS) is 18.1. The largest absolute Gasteiger partial charge is 0.478 e. The second kappa shape index (κ2) is 5.85. The molecule has 6 heteroatoms. The minimum Gasteiger partial charge on any atom is -0.478 e. The van der Waals surface area contributed by atoms with Crippen LogP contribution < -0.4 is 0 Å². The summed E-state index contributed by atoms with van der Waals surface area (Å²) in [7, 11) is 0. The Bertz CT molecular complexity index is 476. The van der Waals surface area contributed by atoms with Crippen molar-refractivity contribution in [3.8, 4) is 0 Å². The Balaban J connectivity index is 1.98. The zero-order valence-electron chi connectivity index (χ0n) is 12.3. The first-order valence-electron chi connectivity index (χ1n) is 6.87. The van der Waals surface area contributed by atoms with Crippen LogP contribution in [0, 0.1) is 0 Å². The number of carbonyl (C=O) groups is 1. The van der Waals surface area contributed by atoms with Crippen LogP contribution in [0.25, 0.3) is 0 Å². The van der Waals surface area contributed by atoms with E-state index >= 15 is 0 Å². The number of hydrogen-bond acceptors (Lipinski definition) is 5. The van der Waals surface area contributed by atoms with Gasteiger partial charge < -0.3 is 5.11 Å². The molecule has 2 heterocycles. The predicted octanol–water partition coefficient (Wildman–Crippen LogP) is 1.09. The lowest BCUT2D eigenvalue weighted by Crippen LogP contribution is -2.53. The first-order valence-corrected chi connectivity index (χ1v) is 6.87. The zero-order chi connectivity index (χ0) is 14.8. The van der Waals surface area contributed by atoms with Crippen molar-refractivity contribution in [3.63, 3.8) is 0 Å². The van der Waals surface area contributed by atoms with Crippen LogP contribution in [0.4, 0.5) is 0 Å². The second-order valence-electron chi connectivity index (χ2n) is 6.12. The van der Waals surface area contributed by atoms with E-state index in [9.17, 15) is 4.79 Å². The molecule has 6 nitrogen and oxygen atoms in total. The molecule has 0 aromatic carbocycles. The summed E-state index contributed by atoms with van der Waals surface area (Å²) in [5, 5.41) is 9.14. The van der Waals surface area contributed by atoms with Gasteiger partial charge in [0.15, 0.2) is 0 Å². The molecule has 1 aromatic rings. The summed E-state index contributed by atoms with van der Waals surface area (Å²) in [6.45, 7) is 11.1. The van der Waals surface area contributed by atoms with Crippen molar-refractivity contribution < 1.29 is 9.90 Å². The Morgan fingerprint density at radius 1 is 1.30 bits per heavy atom. The van der Waals surface area contributed by atoms with E-state index < -0.39 is 5.97 Å². The van der Waals surface area contributed by atoms with Crippen LogP contribution in [0.2, 0.25) is 0 Å². The molecule has 0 aliphatic carbocycles. The smallest absolute Gasteiger partial charge is 0.339 e. The van der Waals surface area contributed by atoms with Crippen LogP contribution in [-0.4, -0.2) is 62.6 Å². The molecule has 0 bridgehead atoms. The molecule has 0 amide bonds. The molecule has 0 spiro atoms. The summed E-state index contributed by atoms with van der Waals surface area (Å²) in [6.07, 6.45) is 2.78. The van der Waals surface area contributed by atoms with Crippen LogP contribution in [0.1, 0.15) is 36.8 Å². The van der Waals surface area contributed by atoms with Gasteiger partial charge in [-0.15, -0.1) is 0 Å². The van der Waals surface area contributed by atoms with Crippen molar-refractivity contribution in [2.75, 3.05) is 26.2 Å². The average molecular weight is 278 g/mol. The highest BCUT2D eigenvalue weighted by Gasteiger charge is 2.26. The van der Waals surface area contributed by atoms with Gasteiger partial charge in [0.2, 0.25) is 0 Å². The number of nitrogens with zero attached hydrogens (tertiary/aromatic N) is 4. The van der Waals surface area contributed by atoms with E-state index in [0.717, 1.165) is 26.2 Å². The van der Waals surface area contributed by atoms with Crippen molar-refractivity contribution in [1.82, 2.24) is 19.8 Å². The molecule has 1 aromatic heterocycles. The first-order chi connectivity index (χ1) is 9.38. The van der Waals surface area contributed by atoms with Gasteiger partial charge in [-0.3, -0.25) is 9.80 Å². The van der Waals surface area contributed by atoms with E-state index in [-0.39, 0.29) is 11.1 Å². The van der Waals surface area contributed by atoms with Crippen LogP contribution in [0.5, 0.6) is 0 Å². The molecule has 1 saturated heterocycles. The Morgan fingerprint density at radius 2 is 1.95 bits per heavy atom. The second-order valence-corrected chi connectivity index (χ2v) is 6.12. The summed E-state index contributed by atoms with van der Waals surface area (Å²) in [4.78, 5) is 23.7. The molecule has 1 N–H and O–H groups in total. The highest BCUT2D eigenvalue weighted by molar-refractivity contribution is 5.88. The average Bonchev–Trinajstić information content (AvgIpc) is 2.38. The number of rotatable bonds is 3. The third-order valence-corrected chi connectivity index (χ3v) is 3.72. The predicted molar refractivity (Wildman–Crippen MR) is 75.6 cm³/mol. The van der Waals surface area contributed by atoms with Crippen molar-refractivity contribution in [2.45, 2.75) is 32.9 Å². The monoisotopic (exact) mass is 278 g/mol. The van der Waals surface area contributed by atoms with Gasteiger partial charge in [-0.1, -0.05) is 0 Å². The number of aromatic nitrogens is 2. The van der Waals surface area contributed by atoms with Crippen molar-refractivity contribution in [3.05, 3.63) is 23.8 Å². The summed E-state index contributed by atoms with van der Waals surface area (Å²) in [5.41, 5.74) is 0.982. The molecule has 0 unspecified atom stereocenters. The van der Waals surface area contributed by atoms with Gasteiger partial charge in [-0.05, 0) is 20.8 Å². The Labute approximate surface area is 119 Å². The topological polar surface area (TPSA) is 69.6 Å². The lowest BCUT2D eigenvalue weighted by molar-refractivity contribution is 0.0577. The van der Waals surface area contributed by atoms with Gasteiger partial charge in [0, 0.05) is 44.5 Å². The van der Waals surface area contributed by atoms with Crippen LogP contribution in [-0.2, 0) is 6.54 Å². The van der Waals surface area contributed by atoms with Crippen LogP contribution in [0.15, 0.2) is 12.5 Å². The highest BCUT2D eigenvalue weighted by atomic mass is 16.4. The lowest BCUT2D eigenvalue weighted by Gasteiger charge is -2.42. The Morgan fingerprint density at radius 3 is 2.50 bits per heavy atom. The standard InChI is InChI=1S/C14H22N4O2/c1-14(2,3)18-6-4-17(5-7-18)9-12-11(13(19)20)8-15-10-16-12/h8,10H,4-7,9H2,1-3H3,(H,19,20). The number of carboxylic acid groups (broad SMARTS) is 1. The molecule has 0 radical (unpaired) electrons. The molecule has 0 atom stereocenters. The van der Waals surface area contributed by atoms with Crippen molar-refractivity contribution in [2.24, 2.45) is 0 Å². The quantitative estimate of drug-likeness (QED) is 0.892. The van der Waals surface area contributed by atoms with E-state index in [2.05, 4.69) is 40.5 Å². The maximum Gasteiger partial charge on any atom is 0.339 e. The van der Waals surface area contributed by atoms with Gasteiger partial charge >= 0.3 is 5.97 Å². The molecule has 0 saturated carbocycles. The van der Waals surface area contributed by atoms with E-state index in [1.54, 1.807) is 0 Å². The highest BCUT2D eigenvalue weighted by Crippen LogP contribution is 2.17. The summed E-state index contributed by atoms with van der Waals surface area (Å²) in [6, 6.07) is 0. The zero-order valence-corrected chi connectivity index (χ0v) is 12.3. The molecule has 1 aliphatic heterocycles. The van der Waals surface area contributed by atoms with E-state index in [1.165, 1.54) is 12.5 Å².